The second-order valence-electron chi connectivity index (χ2n) is 3.84. The van der Waals surface area contributed by atoms with E-state index in [0.717, 1.165) is 0 Å². The van der Waals surface area contributed by atoms with Gasteiger partial charge in [-0.1, -0.05) is 18.2 Å². The summed E-state index contributed by atoms with van der Waals surface area (Å²) in [5.74, 6) is -4.52. The van der Waals surface area contributed by atoms with Crippen molar-refractivity contribution in [2.24, 2.45) is 0 Å². The normalized spacial score (nSPS) is 12.7. The number of carboxylic acid groups (broad SMARTS) is 1. The molecule has 7 nitrogen and oxygen atoms in total. The fourth-order valence-electron chi connectivity index (χ4n) is 1.53. The molecule has 0 fully saturated rings. The molecule has 0 amide bonds. The van der Waals surface area contributed by atoms with Gasteiger partial charge in [0.25, 0.3) is 5.85 Å². The number of benzene rings is 1. The van der Waals surface area contributed by atoms with Crippen LogP contribution in [0.5, 0.6) is 0 Å². The van der Waals surface area contributed by atoms with Crippen molar-refractivity contribution in [3.05, 3.63) is 35.9 Å². The third kappa shape index (κ3) is 4.67. The summed E-state index contributed by atoms with van der Waals surface area (Å²) >= 11 is 0. The van der Waals surface area contributed by atoms with Crippen LogP contribution in [0.1, 0.15) is 24.2 Å². The van der Waals surface area contributed by atoms with Crippen molar-refractivity contribution in [2.75, 3.05) is 13.2 Å². The molecule has 0 aromatic heterocycles. The van der Waals surface area contributed by atoms with Crippen LogP contribution in [0.15, 0.2) is 30.3 Å². The van der Waals surface area contributed by atoms with E-state index in [1.807, 2.05) is 0 Å². The van der Waals surface area contributed by atoms with Gasteiger partial charge in [0.2, 0.25) is 0 Å². The first-order chi connectivity index (χ1) is 9.94. The maximum absolute atomic E-state index is 12.4. The van der Waals surface area contributed by atoms with Crippen LogP contribution in [0.4, 0.5) is 0 Å². The van der Waals surface area contributed by atoms with Gasteiger partial charge in [-0.05, 0) is 26.0 Å². The van der Waals surface area contributed by atoms with E-state index in [1.165, 1.54) is 26.0 Å². The molecule has 116 valence electrons. The minimum atomic E-state index is -4.10. The summed E-state index contributed by atoms with van der Waals surface area (Å²) in [7, 11) is -4.10. The average Bonchev–Trinajstić information content (AvgIpc) is 2.45. The number of carboxylic acids is 1. The first kappa shape index (κ1) is 17.4. The minimum absolute atomic E-state index is 0.0378. The third-order valence-corrected chi connectivity index (χ3v) is 4.48. The van der Waals surface area contributed by atoms with Gasteiger partial charge in [-0.15, -0.1) is 0 Å². The van der Waals surface area contributed by atoms with Crippen LogP contribution in [0.3, 0.4) is 0 Å². The lowest BCUT2D eigenvalue weighted by molar-refractivity contribution is -0.143. The zero-order valence-electron chi connectivity index (χ0n) is 11.7. The van der Waals surface area contributed by atoms with Gasteiger partial charge in [0.15, 0.2) is 0 Å². The van der Waals surface area contributed by atoms with Crippen LogP contribution in [0.2, 0.25) is 0 Å². The highest BCUT2D eigenvalue weighted by atomic mass is 31.2. The van der Waals surface area contributed by atoms with Crippen molar-refractivity contribution in [3.8, 4) is 0 Å². The Hall–Kier alpha value is -1.69. The number of hydrogen-bond donors (Lipinski definition) is 1. The Bertz CT molecular complexity index is 519. The van der Waals surface area contributed by atoms with Crippen molar-refractivity contribution >= 4 is 19.5 Å². The van der Waals surface area contributed by atoms with Crippen LogP contribution < -0.4 is 0 Å². The monoisotopic (exact) mass is 316 g/mol. The lowest BCUT2D eigenvalue weighted by Crippen LogP contribution is -2.29. The SMILES string of the molecule is CCOP(=O)(OCC)[C@@H](OC(=O)c1ccccc1)C(=O)O. The predicted octanol–water partition coefficient (Wildman–Crippen LogP) is 2.52. The Balaban J connectivity index is 2.99. The van der Waals surface area contributed by atoms with E-state index in [1.54, 1.807) is 18.2 Å². The Morgan fingerprint density at radius 3 is 2.10 bits per heavy atom. The van der Waals surface area contributed by atoms with Gasteiger partial charge < -0.3 is 18.9 Å². The largest absolute Gasteiger partial charge is 0.478 e. The Morgan fingerprint density at radius 2 is 1.67 bits per heavy atom. The van der Waals surface area contributed by atoms with Gasteiger partial charge in [-0.2, -0.15) is 0 Å². The summed E-state index contributed by atoms with van der Waals surface area (Å²) in [6, 6.07) is 7.78. The molecule has 0 spiro atoms. The molecule has 0 aliphatic rings. The predicted molar refractivity (Wildman–Crippen MR) is 74.1 cm³/mol. The van der Waals surface area contributed by atoms with E-state index in [4.69, 9.17) is 18.9 Å². The van der Waals surface area contributed by atoms with Crippen LogP contribution in [0, 0.1) is 0 Å². The standard InChI is InChI=1S/C13H17O7P/c1-3-18-21(17,19-4-2)13(11(14)15)20-12(16)10-8-6-5-7-9-10/h5-9,13H,3-4H2,1-2H3,(H,14,15)/t13-/m1/s1. The number of rotatable bonds is 8. The summed E-state index contributed by atoms with van der Waals surface area (Å²) < 4.78 is 27.0. The second kappa shape index (κ2) is 7.93. The molecule has 0 bridgehead atoms. The van der Waals surface area contributed by atoms with Crippen LogP contribution in [0.25, 0.3) is 0 Å². The summed E-state index contributed by atoms with van der Waals surface area (Å²) in [4.78, 5) is 23.2. The molecule has 0 heterocycles. The highest BCUT2D eigenvalue weighted by molar-refractivity contribution is 7.55. The summed E-state index contributed by atoms with van der Waals surface area (Å²) in [6.45, 7) is 2.99. The smallest absolute Gasteiger partial charge is 0.382 e. The molecule has 1 N–H and O–H groups in total. The van der Waals surface area contributed by atoms with Crippen LogP contribution >= 0.6 is 7.60 Å². The molecule has 1 aromatic rings. The topological polar surface area (TPSA) is 99.1 Å². The van der Waals surface area contributed by atoms with Gasteiger partial charge in [0.05, 0.1) is 18.8 Å². The lowest BCUT2D eigenvalue weighted by Gasteiger charge is -2.22. The molecule has 0 aliphatic carbocycles. The number of ether oxygens (including phenoxy) is 1. The first-order valence-electron chi connectivity index (χ1n) is 6.32. The van der Waals surface area contributed by atoms with Gasteiger partial charge in [-0.3, -0.25) is 4.57 Å². The Labute approximate surface area is 122 Å². The fraction of sp³-hybridized carbons (Fsp3) is 0.385. The van der Waals surface area contributed by atoms with E-state index in [2.05, 4.69) is 0 Å². The summed E-state index contributed by atoms with van der Waals surface area (Å²) in [6.07, 6.45) is 0. The highest BCUT2D eigenvalue weighted by Gasteiger charge is 2.45. The molecule has 21 heavy (non-hydrogen) atoms. The van der Waals surface area contributed by atoms with Gasteiger partial charge in [0.1, 0.15) is 0 Å². The maximum Gasteiger partial charge on any atom is 0.382 e. The van der Waals surface area contributed by atoms with Gasteiger partial charge >= 0.3 is 19.5 Å². The molecule has 0 saturated carbocycles. The molecule has 0 unspecified atom stereocenters. The molecular weight excluding hydrogens is 299 g/mol. The quantitative estimate of drug-likeness (QED) is 0.581. The second-order valence-corrected chi connectivity index (χ2v) is 5.90. The molecule has 1 atom stereocenters. The van der Waals surface area contributed by atoms with E-state index < -0.39 is 25.4 Å². The van der Waals surface area contributed by atoms with Crippen LogP contribution in [-0.2, 0) is 23.1 Å². The summed E-state index contributed by atoms with van der Waals surface area (Å²) in [5, 5.41) is 9.15. The minimum Gasteiger partial charge on any atom is -0.478 e. The first-order valence-corrected chi connectivity index (χ1v) is 7.93. The number of aliphatic carboxylic acids is 1. The van der Waals surface area contributed by atoms with E-state index >= 15 is 0 Å². The number of hydrogen-bond acceptors (Lipinski definition) is 6. The highest BCUT2D eigenvalue weighted by Crippen LogP contribution is 2.53. The Kier molecular flexibility index (Phi) is 6.55. The molecule has 0 saturated heterocycles. The molecular formula is C13H17O7P. The van der Waals surface area contributed by atoms with E-state index in [-0.39, 0.29) is 18.8 Å². The van der Waals surface area contributed by atoms with Gasteiger partial charge in [0, 0.05) is 0 Å². The molecule has 8 heteroatoms. The maximum atomic E-state index is 12.4. The third-order valence-electron chi connectivity index (χ3n) is 2.34. The Morgan fingerprint density at radius 1 is 1.14 bits per heavy atom. The number of esters is 1. The van der Waals surface area contributed by atoms with Gasteiger partial charge in [-0.25, -0.2) is 9.59 Å². The molecule has 0 aliphatic heterocycles. The van der Waals surface area contributed by atoms with E-state index in [0.29, 0.717) is 0 Å². The fourth-order valence-corrected chi connectivity index (χ4v) is 3.09. The molecule has 1 aromatic carbocycles. The van der Waals surface area contributed by atoms with Crippen molar-refractivity contribution in [1.29, 1.82) is 0 Å². The molecule has 1 rings (SSSR count). The number of carbonyl (C=O) groups excluding carboxylic acids is 1. The number of carbonyl (C=O) groups is 2. The van der Waals surface area contributed by atoms with Crippen molar-refractivity contribution in [3.63, 3.8) is 0 Å². The summed E-state index contributed by atoms with van der Waals surface area (Å²) in [5.41, 5.74) is 0.142. The zero-order valence-corrected chi connectivity index (χ0v) is 12.6. The van der Waals surface area contributed by atoms with Crippen molar-refractivity contribution in [2.45, 2.75) is 19.7 Å². The average molecular weight is 316 g/mol. The van der Waals surface area contributed by atoms with Crippen molar-refractivity contribution < 1.29 is 33.0 Å². The van der Waals surface area contributed by atoms with E-state index in [9.17, 15) is 14.2 Å². The lowest BCUT2D eigenvalue weighted by atomic mass is 10.2. The van der Waals surface area contributed by atoms with Crippen molar-refractivity contribution in [1.82, 2.24) is 0 Å². The van der Waals surface area contributed by atoms with Crippen LogP contribution in [-0.4, -0.2) is 36.1 Å². The zero-order chi connectivity index (χ0) is 15.9. The molecule has 0 radical (unpaired) electrons.